The van der Waals surface area contributed by atoms with Crippen LogP contribution in [0.4, 0.5) is 5.13 Å². The highest BCUT2D eigenvalue weighted by Gasteiger charge is 2.14. The minimum Gasteiger partial charge on any atom is -0.365 e. The molecule has 14 heavy (non-hydrogen) atoms. The molecule has 0 aromatic carbocycles. The fraction of sp³-hybridized carbons (Fsp3) is 0.600. The van der Waals surface area contributed by atoms with Crippen molar-refractivity contribution in [1.29, 1.82) is 0 Å². The van der Waals surface area contributed by atoms with Crippen LogP contribution in [0.15, 0.2) is 5.38 Å². The van der Waals surface area contributed by atoms with Gasteiger partial charge in [-0.05, 0) is 0 Å². The van der Waals surface area contributed by atoms with Gasteiger partial charge in [0.2, 0.25) is 0 Å². The van der Waals surface area contributed by atoms with Gasteiger partial charge in [-0.25, -0.2) is 4.98 Å². The van der Waals surface area contributed by atoms with Gasteiger partial charge in [0.15, 0.2) is 5.13 Å². The molecule has 0 aliphatic carbocycles. The Labute approximate surface area is 92.7 Å². The molecule has 0 aliphatic rings. The van der Waals surface area contributed by atoms with E-state index in [0.29, 0.717) is 0 Å². The van der Waals surface area contributed by atoms with Crippen LogP contribution < -0.4 is 5.32 Å². The van der Waals surface area contributed by atoms with Gasteiger partial charge in [0.1, 0.15) is 0 Å². The van der Waals surface area contributed by atoms with Gasteiger partial charge in [0.25, 0.3) is 0 Å². The van der Waals surface area contributed by atoms with Crippen molar-refractivity contribution in [2.45, 2.75) is 31.3 Å². The van der Waals surface area contributed by atoms with E-state index in [4.69, 9.17) is 0 Å². The molecule has 0 fully saturated rings. The minimum absolute atomic E-state index is 0.139. The van der Waals surface area contributed by atoms with Gasteiger partial charge >= 0.3 is 0 Å². The van der Waals surface area contributed by atoms with E-state index in [2.05, 4.69) is 42.3 Å². The highest BCUT2D eigenvalue weighted by molar-refractivity contribution is 8.14. The standard InChI is InChI=1S/C10H18N2S2/c1-10(2,3)14(5)7-8-6-13-9(11-4)12-8/h6H,5,7H2,1-4H3,(H,11,12). The molecule has 0 spiro atoms. The lowest BCUT2D eigenvalue weighted by atomic mass is 10.3. The Morgan fingerprint density at radius 1 is 1.57 bits per heavy atom. The molecule has 0 aliphatic heterocycles. The van der Waals surface area contributed by atoms with E-state index in [1.165, 1.54) is 0 Å². The third-order valence-corrected chi connectivity index (χ3v) is 5.24. The Morgan fingerprint density at radius 3 is 2.64 bits per heavy atom. The fourth-order valence-electron chi connectivity index (χ4n) is 0.883. The predicted octanol–water partition coefficient (Wildman–Crippen LogP) is 3.18. The number of hydrogen-bond acceptors (Lipinski definition) is 3. The van der Waals surface area contributed by atoms with Crippen molar-refractivity contribution in [2.75, 3.05) is 12.4 Å². The summed E-state index contributed by atoms with van der Waals surface area (Å²) in [6.07, 6.45) is 0. The zero-order valence-electron chi connectivity index (χ0n) is 9.26. The third-order valence-electron chi connectivity index (χ3n) is 1.95. The zero-order chi connectivity index (χ0) is 10.8. The molecule has 0 bridgehead atoms. The molecular formula is C10H18N2S2. The fourth-order valence-corrected chi connectivity index (χ4v) is 2.60. The Balaban J connectivity index is 2.65. The molecule has 0 saturated heterocycles. The average Bonchev–Trinajstić information content (AvgIpc) is 2.50. The van der Waals surface area contributed by atoms with Crippen molar-refractivity contribution in [1.82, 2.24) is 4.98 Å². The van der Waals surface area contributed by atoms with E-state index in [9.17, 15) is 0 Å². The first kappa shape index (κ1) is 11.7. The maximum absolute atomic E-state index is 4.46. The molecule has 1 rings (SSSR count). The molecule has 0 amide bonds. The summed E-state index contributed by atoms with van der Waals surface area (Å²) in [6, 6.07) is 0. The quantitative estimate of drug-likeness (QED) is 0.807. The van der Waals surface area contributed by atoms with Gasteiger partial charge < -0.3 is 5.32 Å². The van der Waals surface area contributed by atoms with Crippen molar-refractivity contribution in [3.63, 3.8) is 0 Å². The Hall–Kier alpha value is -0.350. The molecule has 0 radical (unpaired) electrons. The van der Waals surface area contributed by atoms with E-state index in [0.717, 1.165) is 16.6 Å². The maximum Gasteiger partial charge on any atom is 0.182 e. The van der Waals surface area contributed by atoms with Crippen LogP contribution in [0.1, 0.15) is 26.5 Å². The first-order valence-corrected chi connectivity index (χ1v) is 7.00. The van der Waals surface area contributed by atoms with Gasteiger partial charge in [-0.3, -0.25) is 0 Å². The molecule has 4 heteroatoms. The van der Waals surface area contributed by atoms with Gasteiger partial charge in [-0.2, -0.15) is 10.5 Å². The van der Waals surface area contributed by atoms with Gasteiger partial charge in [-0.1, -0.05) is 26.6 Å². The van der Waals surface area contributed by atoms with Crippen molar-refractivity contribution >= 4 is 32.8 Å². The molecule has 1 aromatic heterocycles. The van der Waals surface area contributed by atoms with Gasteiger partial charge in [0, 0.05) is 22.9 Å². The van der Waals surface area contributed by atoms with Crippen molar-refractivity contribution in [3.8, 4) is 0 Å². The SMILES string of the molecule is C=S(Cc1csc(NC)n1)C(C)(C)C. The lowest BCUT2D eigenvalue weighted by Gasteiger charge is -2.22. The number of nitrogens with one attached hydrogen (secondary N) is 1. The summed E-state index contributed by atoms with van der Waals surface area (Å²) in [7, 11) is 2.04. The maximum atomic E-state index is 4.46. The smallest absolute Gasteiger partial charge is 0.182 e. The molecule has 1 atom stereocenters. The normalized spacial score (nSPS) is 14.0. The first-order chi connectivity index (χ1) is 6.43. The van der Waals surface area contributed by atoms with Crippen LogP contribution in [-0.4, -0.2) is 22.6 Å². The zero-order valence-corrected chi connectivity index (χ0v) is 10.9. The summed E-state index contributed by atoms with van der Waals surface area (Å²) in [5, 5.41) is 6.15. The Morgan fingerprint density at radius 2 is 2.21 bits per heavy atom. The summed E-state index contributed by atoms with van der Waals surface area (Å²) < 4.78 is 0.281. The highest BCUT2D eigenvalue weighted by Crippen LogP contribution is 2.33. The number of anilines is 1. The van der Waals surface area contributed by atoms with Crippen LogP contribution >= 0.6 is 21.8 Å². The molecule has 1 aromatic rings. The van der Waals surface area contributed by atoms with E-state index in [1.54, 1.807) is 11.3 Å². The van der Waals surface area contributed by atoms with Crippen molar-refractivity contribution < 1.29 is 0 Å². The van der Waals surface area contributed by atoms with Crippen molar-refractivity contribution in [2.24, 2.45) is 0 Å². The largest absolute Gasteiger partial charge is 0.365 e. The van der Waals surface area contributed by atoms with Crippen LogP contribution in [0.3, 0.4) is 0 Å². The molecular weight excluding hydrogens is 212 g/mol. The van der Waals surface area contributed by atoms with Gasteiger partial charge in [-0.15, -0.1) is 11.3 Å². The average molecular weight is 230 g/mol. The predicted molar refractivity (Wildman–Crippen MR) is 69.8 cm³/mol. The summed E-state index contributed by atoms with van der Waals surface area (Å²) in [5.74, 6) is 5.20. The number of thiazole rings is 1. The molecule has 80 valence electrons. The lowest BCUT2D eigenvalue weighted by Crippen LogP contribution is -2.11. The summed E-state index contributed by atoms with van der Waals surface area (Å²) in [4.78, 5) is 4.46. The van der Waals surface area contributed by atoms with E-state index in [-0.39, 0.29) is 15.2 Å². The second-order valence-electron chi connectivity index (χ2n) is 4.14. The van der Waals surface area contributed by atoms with Gasteiger partial charge in [0.05, 0.1) is 5.69 Å². The first-order valence-electron chi connectivity index (χ1n) is 4.56. The van der Waals surface area contributed by atoms with Crippen LogP contribution in [0.5, 0.6) is 0 Å². The van der Waals surface area contributed by atoms with E-state index in [1.807, 2.05) is 7.05 Å². The topological polar surface area (TPSA) is 24.9 Å². The van der Waals surface area contributed by atoms with Crippen LogP contribution in [0.2, 0.25) is 0 Å². The number of rotatable bonds is 3. The second-order valence-corrected chi connectivity index (χ2v) is 7.50. The van der Waals surface area contributed by atoms with Crippen molar-refractivity contribution in [3.05, 3.63) is 11.1 Å². The lowest BCUT2D eigenvalue weighted by molar-refractivity contribution is 0.800. The van der Waals surface area contributed by atoms with Crippen LogP contribution in [-0.2, 0) is 5.75 Å². The minimum atomic E-state index is 0.139. The molecule has 2 nitrogen and oxygen atoms in total. The Bertz CT molecular complexity index is 323. The van der Waals surface area contributed by atoms with E-state index >= 15 is 0 Å². The molecule has 1 unspecified atom stereocenters. The summed E-state index contributed by atoms with van der Waals surface area (Å²) in [6.45, 7) is 6.69. The highest BCUT2D eigenvalue weighted by atomic mass is 32.2. The summed E-state index contributed by atoms with van der Waals surface area (Å²) >= 11 is 1.66. The number of aromatic nitrogens is 1. The molecule has 1 N–H and O–H groups in total. The summed E-state index contributed by atoms with van der Waals surface area (Å²) in [5.41, 5.74) is 1.16. The van der Waals surface area contributed by atoms with E-state index < -0.39 is 0 Å². The third kappa shape index (κ3) is 3.10. The number of hydrogen-bond donors (Lipinski definition) is 1. The molecule has 0 saturated carbocycles. The second kappa shape index (κ2) is 4.45. The molecule has 1 heterocycles. The van der Waals surface area contributed by atoms with Crippen LogP contribution in [0, 0.1) is 0 Å². The monoisotopic (exact) mass is 230 g/mol. The van der Waals surface area contributed by atoms with Crippen LogP contribution in [0.25, 0.3) is 0 Å². The Kier molecular flexibility index (Phi) is 3.72. The number of nitrogens with zero attached hydrogens (tertiary/aromatic N) is 1.